The Bertz CT molecular complexity index is 301. The number of hydrogen-bond acceptors (Lipinski definition) is 3. The van der Waals surface area contributed by atoms with E-state index in [0.717, 1.165) is 12.0 Å². The van der Waals surface area contributed by atoms with E-state index in [1.165, 1.54) is 6.20 Å². The summed E-state index contributed by atoms with van der Waals surface area (Å²) in [6.45, 7) is 2.00. The zero-order valence-electron chi connectivity index (χ0n) is 6.99. The molecule has 1 aromatic heterocycles. The first-order valence-corrected chi connectivity index (χ1v) is 3.88. The van der Waals surface area contributed by atoms with E-state index in [0.29, 0.717) is 5.56 Å². The highest BCUT2D eigenvalue weighted by atomic mass is 14.7. The van der Waals surface area contributed by atoms with Crippen LogP contribution in [0.4, 0.5) is 0 Å². The largest absolute Gasteiger partial charge is 0.324 e. The normalized spacial score (nSPS) is 12.1. The minimum absolute atomic E-state index is 0.00852. The van der Waals surface area contributed by atoms with Gasteiger partial charge in [-0.15, -0.1) is 0 Å². The standard InChI is InChI=1S/C9H11N3/c1-2-9(11)8-3-7(4-10)5-12-6-8/h3,5-6,9H,2,11H2,1H3/t9-/m0/s1. The number of nitrogens with two attached hydrogens (primary N) is 1. The van der Waals surface area contributed by atoms with E-state index in [9.17, 15) is 0 Å². The molecule has 0 aliphatic rings. The van der Waals surface area contributed by atoms with Crippen molar-refractivity contribution >= 4 is 0 Å². The lowest BCUT2D eigenvalue weighted by atomic mass is 10.1. The van der Waals surface area contributed by atoms with E-state index >= 15 is 0 Å². The van der Waals surface area contributed by atoms with Gasteiger partial charge in [0.1, 0.15) is 6.07 Å². The van der Waals surface area contributed by atoms with Gasteiger partial charge in [0.15, 0.2) is 0 Å². The van der Waals surface area contributed by atoms with Crippen molar-refractivity contribution in [3.05, 3.63) is 29.6 Å². The van der Waals surface area contributed by atoms with E-state index < -0.39 is 0 Å². The van der Waals surface area contributed by atoms with Crippen LogP contribution in [0.3, 0.4) is 0 Å². The Hall–Kier alpha value is -1.40. The summed E-state index contributed by atoms with van der Waals surface area (Å²) in [6, 6.07) is 3.80. The number of nitrogens with zero attached hydrogens (tertiary/aromatic N) is 2. The molecular weight excluding hydrogens is 150 g/mol. The van der Waals surface area contributed by atoms with Crippen LogP contribution in [-0.2, 0) is 0 Å². The van der Waals surface area contributed by atoms with Gasteiger partial charge in [-0.25, -0.2) is 0 Å². The predicted octanol–water partition coefficient (Wildman–Crippen LogP) is 1.36. The highest BCUT2D eigenvalue weighted by Crippen LogP contribution is 2.12. The van der Waals surface area contributed by atoms with Crippen molar-refractivity contribution in [3.8, 4) is 6.07 Å². The summed E-state index contributed by atoms with van der Waals surface area (Å²) in [5, 5.41) is 8.59. The zero-order valence-corrected chi connectivity index (χ0v) is 6.99. The van der Waals surface area contributed by atoms with Gasteiger partial charge in [0.05, 0.1) is 5.56 Å². The van der Waals surface area contributed by atoms with E-state index in [-0.39, 0.29) is 6.04 Å². The second-order valence-corrected chi connectivity index (χ2v) is 2.63. The van der Waals surface area contributed by atoms with Gasteiger partial charge in [0.25, 0.3) is 0 Å². The fourth-order valence-electron chi connectivity index (χ4n) is 0.957. The number of aromatic nitrogens is 1. The molecule has 1 heterocycles. The van der Waals surface area contributed by atoms with Crippen LogP contribution < -0.4 is 5.73 Å². The monoisotopic (exact) mass is 161 g/mol. The van der Waals surface area contributed by atoms with Crippen LogP contribution in [0.5, 0.6) is 0 Å². The van der Waals surface area contributed by atoms with Crippen LogP contribution in [0.15, 0.2) is 18.5 Å². The molecular formula is C9H11N3. The lowest BCUT2D eigenvalue weighted by Gasteiger charge is -2.07. The Morgan fingerprint density at radius 3 is 3.00 bits per heavy atom. The Morgan fingerprint density at radius 2 is 2.42 bits per heavy atom. The lowest BCUT2D eigenvalue weighted by Crippen LogP contribution is -2.08. The maximum absolute atomic E-state index is 8.59. The van der Waals surface area contributed by atoms with E-state index in [1.54, 1.807) is 12.3 Å². The smallest absolute Gasteiger partial charge is 0.101 e. The minimum atomic E-state index is -0.00852. The Balaban J connectivity index is 2.95. The van der Waals surface area contributed by atoms with E-state index in [1.807, 2.05) is 13.0 Å². The van der Waals surface area contributed by atoms with Gasteiger partial charge in [-0.3, -0.25) is 4.98 Å². The molecule has 1 atom stereocenters. The molecule has 2 N–H and O–H groups in total. The topological polar surface area (TPSA) is 62.7 Å². The summed E-state index contributed by atoms with van der Waals surface area (Å²) >= 11 is 0. The van der Waals surface area contributed by atoms with Gasteiger partial charge in [0, 0.05) is 18.4 Å². The average Bonchev–Trinajstić information content (AvgIpc) is 2.17. The van der Waals surface area contributed by atoms with Crippen LogP contribution in [0.25, 0.3) is 0 Å². The first kappa shape index (κ1) is 8.69. The first-order chi connectivity index (χ1) is 5.77. The van der Waals surface area contributed by atoms with Gasteiger partial charge >= 0.3 is 0 Å². The number of nitriles is 1. The molecule has 0 saturated carbocycles. The predicted molar refractivity (Wildman–Crippen MR) is 46.2 cm³/mol. The van der Waals surface area contributed by atoms with Gasteiger partial charge in [-0.1, -0.05) is 6.92 Å². The van der Waals surface area contributed by atoms with Crippen molar-refractivity contribution in [1.82, 2.24) is 4.98 Å². The Labute approximate surface area is 71.8 Å². The molecule has 0 saturated heterocycles. The SMILES string of the molecule is CC[C@H](N)c1cncc(C#N)c1. The third-order valence-corrected chi connectivity index (χ3v) is 1.76. The summed E-state index contributed by atoms with van der Waals surface area (Å²) in [7, 11) is 0. The van der Waals surface area contributed by atoms with Crippen LogP contribution >= 0.6 is 0 Å². The van der Waals surface area contributed by atoms with Crippen molar-refractivity contribution < 1.29 is 0 Å². The molecule has 0 amide bonds. The first-order valence-electron chi connectivity index (χ1n) is 3.88. The molecule has 0 aliphatic carbocycles. The van der Waals surface area contributed by atoms with E-state index in [4.69, 9.17) is 11.0 Å². The zero-order chi connectivity index (χ0) is 8.97. The molecule has 62 valence electrons. The Morgan fingerprint density at radius 1 is 1.67 bits per heavy atom. The van der Waals surface area contributed by atoms with Crippen molar-refractivity contribution in [1.29, 1.82) is 5.26 Å². The van der Waals surface area contributed by atoms with Crippen LogP contribution in [-0.4, -0.2) is 4.98 Å². The molecule has 0 aromatic carbocycles. The van der Waals surface area contributed by atoms with Crippen molar-refractivity contribution in [2.45, 2.75) is 19.4 Å². The average molecular weight is 161 g/mol. The number of rotatable bonds is 2. The summed E-state index contributed by atoms with van der Waals surface area (Å²) in [5.41, 5.74) is 7.26. The van der Waals surface area contributed by atoms with Gasteiger partial charge in [0.2, 0.25) is 0 Å². The molecule has 1 rings (SSSR count). The molecule has 12 heavy (non-hydrogen) atoms. The summed E-state index contributed by atoms with van der Waals surface area (Å²) < 4.78 is 0. The lowest BCUT2D eigenvalue weighted by molar-refractivity contribution is 0.695. The van der Waals surface area contributed by atoms with Crippen LogP contribution in [0.1, 0.15) is 30.5 Å². The fraction of sp³-hybridized carbons (Fsp3) is 0.333. The molecule has 1 aromatic rings. The fourth-order valence-corrected chi connectivity index (χ4v) is 0.957. The molecule has 0 bridgehead atoms. The minimum Gasteiger partial charge on any atom is -0.324 e. The number of pyridine rings is 1. The second-order valence-electron chi connectivity index (χ2n) is 2.63. The molecule has 0 aliphatic heterocycles. The van der Waals surface area contributed by atoms with Gasteiger partial charge in [-0.2, -0.15) is 5.26 Å². The molecule has 0 radical (unpaired) electrons. The maximum Gasteiger partial charge on any atom is 0.101 e. The number of hydrogen-bond donors (Lipinski definition) is 1. The van der Waals surface area contributed by atoms with Crippen LogP contribution in [0, 0.1) is 11.3 Å². The van der Waals surface area contributed by atoms with Gasteiger partial charge < -0.3 is 5.73 Å². The molecule has 0 unspecified atom stereocenters. The quantitative estimate of drug-likeness (QED) is 0.712. The second kappa shape index (κ2) is 3.84. The third-order valence-electron chi connectivity index (χ3n) is 1.76. The summed E-state index contributed by atoms with van der Waals surface area (Å²) in [4.78, 5) is 3.92. The van der Waals surface area contributed by atoms with Crippen molar-refractivity contribution in [2.24, 2.45) is 5.73 Å². The third kappa shape index (κ3) is 1.80. The summed E-state index contributed by atoms with van der Waals surface area (Å²) in [5.74, 6) is 0. The highest BCUT2D eigenvalue weighted by molar-refractivity contribution is 5.30. The Kier molecular flexibility index (Phi) is 2.78. The molecule has 3 nitrogen and oxygen atoms in total. The highest BCUT2D eigenvalue weighted by Gasteiger charge is 2.03. The van der Waals surface area contributed by atoms with Crippen LogP contribution in [0.2, 0.25) is 0 Å². The molecule has 0 spiro atoms. The maximum atomic E-state index is 8.59. The van der Waals surface area contributed by atoms with Crippen molar-refractivity contribution in [2.75, 3.05) is 0 Å². The summed E-state index contributed by atoms with van der Waals surface area (Å²) in [6.07, 6.45) is 4.09. The van der Waals surface area contributed by atoms with Gasteiger partial charge in [-0.05, 0) is 18.1 Å². The van der Waals surface area contributed by atoms with Crippen molar-refractivity contribution in [3.63, 3.8) is 0 Å². The van der Waals surface area contributed by atoms with E-state index in [2.05, 4.69) is 4.98 Å². The molecule has 0 fully saturated rings. The molecule has 3 heteroatoms.